The molecule has 2 aromatic rings. The van der Waals surface area contributed by atoms with Gasteiger partial charge in [-0.05, 0) is 24.6 Å². The minimum atomic E-state index is -3.85. The number of ether oxygens (including phenoxy) is 3. The maximum absolute atomic E-state index is 13.0. The van der Waals surface area contributed by atoms with Crippen molar-refractivity contribution in [2.45, 2.75) is 17.7 Å². The molecule has 0 atom stereocenters. The third kappa shape index (κ3) is 5.69. The summed E-state index contributed by atoms with van der Waals surface area (Å²) in [5.41, 5.74) is 0.712. The summed E-state index contributed by atoms with van der Waals surface area (Å²) in [7, 11) is -2.48. The minimum absolute atomic E-state index is 0.0278. The summed E-state index contributed by atoms with van der Waals surface area (Å²) in [5.74, 6) is -0.537. The van der Waals surface area contributed by atoms with Gasteiger partial charge in [-0.25, -0.2) is 13.2 Å². The lowest BCUT2D eigenvalue weighted by molar-refractivity contribution is 0.0493. The van der Waals surface area contributed by atoms with E-state index in [1.54, 1.807) is 24.3 Å². The second-order valence-corrected chi connectivity index (χ2v) is 8.82. The van der Waals surface area contributed by atoms with E-state index in [0.717, 1.165) is 0 Å². The van der Waals surface area contributed by atoms with Gasteiger partial charge in [-0.15, -0.1) is 0 Å². The molecule has 1 aliphatic heterocycles. The van der Waals surface area contributed by atoms with E-state index in [1.165, 1.54) is 29.6 Å². The Morgan fingerprint density at radius 3 is 2.42 bits per heavy atom. The number of carbonyl (C=O) groups is 2. The second kappa shape index (κ2) is 10.5. The first-order valence-corrected chi connectivity index (χ1v) is 11.4. The normalized spacial score (nSPS) is 14.7. The predicted molar refractivity (Wildman–Crippen MR) is 113 cm³/mol. The summed E-state index contributed by atoms with van der Waals surface area (Å²) in [6.45, 7) is 1.14. The fourth-order valence-corrected chi connectivity index (χ4v) is 4.77. The molecular formula is C22H25NO7S. The number of Topliss-reactive ketones (excluding diaryl/α,β-unsaturated/α-hetero) is 1. The molecular weight excluding hydrogens is 422 g/mol. The molecule has 1 aliphatic rings. The first-order valence-electron chi connectivity index (χ1n) is 9.95. The summed E-state index contributed by atoms with van der Waals surface area (Å²) in [6, 6.07) is 13.0. The van der Waals surface area contributed by atoms with Crippen LogP contribution in [0.1, 0.15) is 33.6 Å². The molecule has 166 valence electrons. The van der Waals surface area contributed by atoms with Crippen LogP contribution in [-0.4, -0.2) is 64.5 Å². The molecule has 0 N–H and O–H groups in total. The van der Waals surface area contributed by atoms with E-state index in [4.69, 9.17) is 14.2 Å². The van der Waals surface area contributed by atoms with Crippen LogP contribution in [0.3, 0.4) is 0 Å². The van der Waals surface area contributed by atoms with Crippen molar-refractivity contribution in [3.63, 3.8) is 0 Å². The molecule has 1 heterocycles. The number of hydrogen-bond donors (Lipinski definition) is 0. The van der Waals surface area contributed by atoms with Crippen LogP contribution in [0, 0.1) is 0 Å². The highest BCUT2D eigenvalue weighted by atomic mass is 32.2. The molecule has 1 fully saturated rings. The number of carbonyl (C=O) groups excluding carboxylic acids is 2. The van der Waals surface area contributed by atoms with Gasteiger partial charge in [0, 0.05) is 25.1 Å². The smallest absolute Gasteiger partial charge is 0.338 e. The number of morpholine rings is 1. The van der Waals surface area contributed by atoms with Gasteiger partial charge in [0.2, 0.25) is 10.0 Å². The van der Waals surface area contributed by atoms with Crippen LogP contribution in [0.15, 0.2) is 53.4 Å². The first kappa shape index (κ1) is 22.9. The fourth-order valence-electron chi connectivity index (χ4n) is 3.18. The van der Waals surface area contributed by atoms with Gasteiger partial charge in [0.1, 0.15) is 10.6 Å². The van der Waals surface area contributed by atoms with E-state index in [-0.39, 0.29) is 48.1 Å². The summed E-state index contributed by atoms with van der Waals surface area (Å²) in [5, 5.41) is 0. The Kier molecular flexibility index (Phi) is 7.78. The average molecular weight is 448 g/mol. The topological polar surface area (TPSA) is 99.2 Å². The largest absolute Gasteiger partial charge is 0.495 e. The number of benzene rings is 2. The first-order chi connectivity index (χ1) is 14.9. The van der Waals surface area contributed by atoms with Crippen LogP contribution >= 0.6 is 0 Å². The average Bonchev–Trinajstić information content (AvgIpc) is 2.82. The summed E-state index contributed by atoms with van der Waals surface area (Å²) in [6.07, 6.45) is 0.616. The van der Waals surface area contributed by atoms with Crippen molar-refractivity contribution < 1.29 is 32.2 Å². The molecule has 0 amide bonds. The Bertz CT molecular complexity index is 1020. The SMILES string of the molecule is COc1ccc(C(=O)OCCCC(=O)c2ccccc2)cc1S(=O)(=O)N1CCOCC1. The van der Waals surface area contributed by atoms with E-state index in [9.17, 15) is 18.0 Å². The lowest BCUT2D eigenvalue weighted by atomic mass is 10.1. The molecule has 2 aromatic carbocycles. The highest BCUT2D eigenvalue weighted by Gasteiger charge is 2.30. The van der Waals surface area contributed by atoms with Gasteiger partial charge in [0.05, 0.1) is 32.5 Å². The number of ketones is 1. The van der Waals surface area contributed by atoms with Gasteiger partial charge < -0.3 is 14.2 Å². The molecule has 0 bridgehead atoms. The Labute approximate surface area is 181 Å². The highest BCUT2D eigenvalue weighted by molar-refractivity contribution is 7.89. The van der Waals surface area contributed by atoms with E-state index >= 15 is 0 Å². The fraction of sp³-hybridized carbons (Fsp3) is 0.364. The number of nitrogens with zero attached hydrogens (tertiary/aromatic N) is 1. The van der Waals surface area contributed by atoms with Crippen molar-refractivity contribution in [1.29, 1.82) is 0 Å². The third-order valence-corrected chi connectivity index (χ3v) is 6.78. The molecule has 8 nitrogen and oxygen atoms in total. The third-order valence-electron chi connectivity index (χ3n) is 4.86. The molecule has 0 saturated carbocycles. The molecule has 0 aliphatic carbocycles. The zero-order valence-electron chi connectivity index (χ0n) is 17.3. The molecule has 0 unspecified atom stereocenters. The van der Waals surface area contributed by atoms with E-state index in [2.05, 4.69) is 0 Å². The molecule has 0 spiro atoms. The number of sulfonamides is 1. The van der Waals surface area contributed by atoms with Gasteiger partial charge in [-0.3, -0.25) is 4.79 Å². The van der Waals surface area contributed by atoms with Crippen molar-refractivity contribution in [2.24, 2.45) is 0 Å². The van der Waals surface area contributed by atoms with E-state index in [0.29, 0.717) is 25.2 Å². The lowest BCUT2D eigenvalue weighted by Crippen LogP contribution is -2.40. The quantitative estimate of drug-likeness (QED) is 0.331. The molecule has 0 radical (unpaired) electrons. The van der Waals surface area contributed by atoms with Crippen LogP contribution < -0.4 is 4.74 Å². The van der Waals surface area contributed by atoms with Gasteiger partial charge in [-0.1, -0.05) is 30.3 Å². The molecule has 31 heavy (non-hydrogen) atoms. The van der Waals surface area contributed by atoms with Crippen LogP contribution in [-0.2, 0) is 19.5 Å². The van der Waals surface area contributed by atoms with Crippen molar-refractivity contribution in [2.75, 3.05) is 40.0 Å². The van der Waals surface area contributed by atoms with E-state index in [1.807, 2.05) is 6.07 Å². The number of methoxy groups -OCH3 is 1. The lowest BCUT2D eigenvalue weighted by Gasteiger charge is -2.26. The Hall–Kier alpha value is -2.75. The van der Waals surface area contributed by atoms with Gasteiger partial charge >= 0.3 is 5.97 Å². The predicted octanol–water partition coefficient (Wildman–Crippen LogP) is 2.54. The van der Waals surface area contributed by atoms with Crippen LogP contribution in [0.2, 0.25) is 0 Å². The maximum atomic E-state index is 13.0. The molecule has 3 rings (SSSR count). The van der Waals surface area contributed by atoms with Gasteiger partial charge in [-0.2, -0.15) is 4.31 Å². The Balaban J connectivity index is 1.63. The minimum Gasteiger partial charge on any atom is -0.495 e. The van der Waals surface area contributed by atoms with Crippen molar-refractivity contribution in [3.8, 4) is 5.75 Å². The number of hydrogen-bond acceptors (Lipinski definition) is 7. The molecule has 1 saturated heterocycles. The van der Waals surface area contributed by atoms with Crippen molar-refractivity contribution >= 4 is 21.8 Å². The highest BCUT2D eigenvalue weighted by Crippen LogP contribution is 2.28. The number of esters is 1. The standard InChI is InChI=1S/C22H25NO7S/c1-28-20-10-9-18(16-21(20)31(26,27)23-11-14-29-15-12-23)22(25)30-13-5-8-19(24)17-6-3-2-4-7-17/h2-4,6-7,9-10,16H,5,8,11-15H2,1H3. The van der Waals surface area contributed by atoms with Crippen LogP contribution in [0.25, 0.3) is 0 Å². The second-order valence-electron chi connectivity index (χ2n) is 6.91. The maximum Gasteiger partial charge on any atom is 0.338 e. The van der Waals surface area contributed by atoms with Crippen molar-refractivity contribution in [3.05, 3.63) is 59.7 Å². The summed E-state index contributed by atoms with van der Waals surface area (Å²) in [4.78, 5) is 24.4. The van der Waals surface area contributed by atoms with Crippen LogP contribution in [0.5, 0.6) is 5.75 Å². The van der Waals surface area contributed by atoms with Gasteiger partial charge in [0.25, 0.3) is 0 Å². The van der Waals surface area contributed by atoms with E-state index < -0.39 is 16.0 Å². The number of rotatable bonds is 9. The molecule has 0 aromatic heterocycles. The van der Waals surface area contributed by atoms with Gasteiger partial charge in [0.15, 0.2) is 5.78 Å². The van der Waals surface area contributed by atoms with Crippen LogP contribution in [0.4, 0.5) is 0 Å². The van der Waals surface area contributed by atoms with Crippen molar-refractivity contribution in [1.82, 2.24) is 4.31 Å². The summed E-state index contributed by atoms with van der Waals surface area (Å²) >= 11 is 0. The Morgan fingerprint density at radius 2 is 1.74 bits per heavy atom. The zero-order valence-corrected chi connectivity index (χ0v) is 18.1. The zero-order chi connectivity index (χ0) is 22.3. The monoisotopic (exact) mass is 447 g/mol. The summed E-state index contributed by atoms with van der Waals surface area (Å²) < 4.78 is 43.0. The molecule has 9 heteroatoms. The Morgan fingerprint density at radius 1 is 1.03 bits per heavy atom.